The molecule has 2 aromatic heterocycles. The molecule has 1 atom stereocenters. The minimum Gasteiger partial charge on any atom is -0.445 e. The molecule has 11 heteroatoms. The van der Waals surface area contributed by atoms with Crippen molar-refractivity contribution in [2.75, 3.05) is 18.1 Å². The first kappa shape index (κ1) is 24.9. The molecule has 0 radical (unpaired) electrons. The first-order valence-electron chi connectivity index (χ1n) is 11.8. The topological polar surface area (TPSA) is 129 Å². The Bertz CT molecular complexity index is 1280. The lowest BCUT2D eigenvalue weighted by Gasteiger charge is -2.32. The second-order valence-corrected chi connectivity index (χ2v) is 10.1. The maximum absolute atomic E-state index is 13.9. The fraction of sp³-hybridized carbons (Fsp3) is 0.440. The lowest BCUT2D eigenvalue weighted by Crippen LogP contribution is -2.53. The van der Waals surface area contributed by atoms with Crippen molar-refractivity contribution in [2.45, 2.75) is 46.8 Å². The van der Waals surface area contributed by atoms with Crippen LogP contribution in [0.25, 0.3) is 5.65 Å². The molecule has 1 aromatic carbocycles. The predicted octanol–water partition coefficient (Wildman–Crippen LogP) is 2.93. The van der Waals surface area contributed by atoms with Crippen molar-refractivity contribution in [3.8, 4) is 6.07 Å². The average Bonchev–Trinajstić information content (AvgIpc) is 3.45. The van der Waals surface area contributed by atoms with Crippen LogP contribution in [0, 0.1) is 22.7 Å². The number of hydrogen-bond acceptors (Lipinski definition) is 8. The summed E-state index contributed by atoms with van der Waals surface area (Å²) in [5.41, 5.74) is 1.03. The summed E-state index contributed by atoms with van der Waals surface area (Å²) in [6, 6.07) is 12.2. The molecule has 36 heavy (non-hydrogen) atoms. The Hall–Kier alpha value is -4.20. The third-order valence-electron chi connectivity index (χ3n) is 5.78. The molecule has 4 rings (SSSR count). The van der Waals surface area contributed by atoms with Crippen molar-refractivity contribution < 1.29 is 14.3 Å². The van der Waals surface area contributed by atoms with Crippen LogP contribution in [-0.2, 0) is 16.1 Å². The van der Waals surface area contributed by atoms with Gasteiger partial charge in [-0.15, -0.1) is 0 Å². The Morgan fingerprint density at radius 2 is 1.92 bits per heavy atom. The zero-order valence-electron chi connectivity index (χ0n) is 20.9. The van der Waals surface area contributed by atoms with Gasteiger partial charge in [0.2, 0.25) is 5.82 Å². The highest BCUT2D eigenvalue weighted by Gasteiger charge is 2.43. The summed E-state index contributed by atoms with van der Waals surface area (Å²) in [5, 5.41) is 19.8. The molecule has 0 spiro atoms. The molecule has 0 bridgehead atoms. The van der Waals surface area contributed by atoms with Crippen LogP contribution >= 0.6 is 0 Å². The third kappa shape index (κ3) is 5.54. The molecular weight excluding hydrogens is 460 g/mol. The number of nitriles is 1. The van der Waals surface area contributed by atoms with E-state index in [0.29, 0.717) is 31.1 Å². The standard InChI is InChI=1S/C25H30N8O3/c1-17(2)12-19(28-24(35)36-14-18-8-6-5-7-9-18)22(34)31-15-25(3,4)16-32(31)23-30-20(13-26)29-21-10-11-27-33(21)23/h5-11,17,19H,12,14-16H2,1-4H3,(H,28,35). The highest BCUT2D eigenvalue weighted by atomic mass is 16.5. The molecular formula is C25H30N8O3. The molecule has 1 unspecified atom stereocenters. The number of anilines is 1. The highest BCUT2D eigenvalue weighted by molar-refractivity contribution is 5.87. The summed E-state index contributed by atoms with van der Waals surface area (Å²) >= 11 is 0. The molecule has 3 heterocycles. The number of rotatable bonds is 7. The van der Waals surface area contributed by atoms with Crippen molar-refractivity contribution in [1.29, 1.82) is 5.26 Å². The lowest BCUT2D eigenvalue weighted by molar-refractivity contribution is -0.133. The minimum atomic E-state index is -0.810. The van der Waals surface area contributed by atoms with E-state index >= 15 is 0 Å². The Morgan fingerprint density at radius 1 is 1.17 bits per heavy atom. The van der Waals surface area contributed by atoms with Crippen LogP contribution in [0.4, 0.5) is 10.7 Å². The van der Waals surface area contributed by atoms with Gasteiger partial charge >= 0.3 is 6.09 Å². The number of nitrogens with one attached hydrogen (secondary N) is 1. The van der Waals surface area contributed by atoms with Crippen LogP contribution in [0.2, 0.25) is 0 Å². The fourth-order valence-corrected chi connectivity index (χ4v) is 4.21. The molecule has 2 amide bonds. The van der Waals surface area contributed by atoms with E-state index < -0.39 is 12.1 Å². The van der Waals surface area contributed by atoms with E-state index in [2.05, 4.69) is 20.4 Å². The number of hydrogen-bond donors (Lipinski definition) is 1. The van der Waals surface area contributed by atoms with E-state index in [4.69, 9.17) is 4.74 Å². The second kappa shape index (κ2) is 10.2. The van der Waals surface area contributed by atoms with Crippen LogP contribution in [0.15, 0.2) is 42.6 Å². The highest BCUT2D eigenvalue weighted by Crippen LogP contribution is 2.32. The van der Waals surface area contributed by atoms with Crippen molar-refractivity contribution in [3.05, 3.63) is 54.0 Å². The third-order valence-corrected chi connectivity index (χ3v) is 5.78. The molecule has 0 saturated carbocycles. The minimum absolute atomic E-state index is 0.0172. The van der Waals surface area contributed by atoms with Gasteiger partial charge in [-0.1, -0.05) is 58.0 Å². The number of alkyl carbamates (subject to hydrolysis) is 1. The zero-order valence-corrected chi connectivity index (χ0v) is 20.9. The van der Waals surface area contributed by atoms with Gasteiger partial charge in [0.1, 0.15) is 18.7 Å². The van der Waals surface area contributed by atoms with E-state index in [1.54, 1.807) is 22.3 Å². The summed E-state index contributed by atoms with van der Waals surface area (Å²) in [7, 11) is 0. The normalized spacial score (nSPS) is 15.7. The summed E-state index contributed by atoms with van der Waals surface area (Å²) in [6.45, 7) is 9.02. The van der Waals surface area contributed by atoms with E-state index in [-0.39, 0.29) is 29.7 Å². The summed E-state index contributed by atoms with van der Waals surface area (Å²) in [5.74, 6) is 0.148. The fourth-order valence-electron chi connectivity index (χ4n) is 4.21. The van der Waals surface area contributed by atoms with E-state index in [1.807, 2.05) is 64.1 Å². The van der Waals surface area contributed by atoms with Gasteiger partial charge in [0.15, 0.2) is 5.65 Å². The quantitative estimate of drug-likeness (QED) is 0.535. The van der Waals surface area contributed by atoms with Gasteiger partial charge in [-0.3, -0.25) is 4.79 Å². The lowest BCUT2D eigenvalue weighted by atomic mass is 9.95. The second-order valence-electron chi connectivity index (χ2n) is 10.1. The van der Waals surface area contributed by atoms with Gasteiger partial charge in [0.05, 0.1) is 6.20 Å². The summed E-state index contributed by atoms with van der Waals surface area (Å²) in [4.78, 5) is 35.0. The average molecular weight is 491 g/mol. The monoisotopic (exact) mass is 490 g/mol. The molecule has 3 aromatic rings. The maximum Gasteiger partial charge on any atom is 0.408 e. The van der Waals surface area contributed by atoms with E-state index in [0.717, 1.165) is 5.56 Å². The molecule has 1 aliphatic rings. The van der Waals surface area contributed by atoms with Gasteiger partial charge in [-0.2, -0.15) is 24.8 Å². The summed E-state index contributed by atoms with van der Waals surface area (Å²) in [6.07, 6.45) is 1.33. The molecule has 1 fully saturated rings. The van der Waals surface area contributed by atoms with Gasteiger partial charge < -0.3 is 10.1 Å². The number of amides is 2. The Kier molecular flexibility index (Phi) is 7.05. The largest absolute Gasteiger partial charge is 0.445 e. The molecule has 0 aliphatic carbocycles. The van der Waals surface area contributed by atoms with Crippen molar-refractivity contribution in [3.63, 3.8) is 0 Å². The van der Waals surface area contributed by atoms with E-state index in [1.165, 1.54) is 4.52 Å². The number of aromatic nitrogens is 4. The first-order valence-corrected chi connectivity index (χ1v) is 11.8. The van der Waals surface area contributed by atoms with Crippen molar-refractivity contribution >= 4 is 23.6 Å². The van der Waals surface area contributed by atoms with Gasteiger partial charge in [0, 0.05) is 24.6 Å². The number of fused-ring (bicyclic) bond motifs is 1. The molecule has 188 valence electrons. The summed E-state index contributed by atoms with van der Waals surface area (Å²) < 4.78 is 6.88. The van der Waals surface area contributed by atoms with Gasteiger partial charge in [-0.25, -0.2) is 14.8 Å². The van der Waals surface area contributed by atoms with Crippen LogP contribution < -0.4 is 10.3 Å². The van der Waals surface area contributed by atoms with Crippen molar-refractivity contribution in [1.82, 2.24) is 29.9 Å². The van der Waals surface area contributed by atoms with E-state index in [9.17, 15) is 14.9 Å². The Morgan fingerprint density at radius 3 is 2.61 bits per heavy atom. The molecule has 11 nitrogen and oxygen atoms in total. The Labute approximate surface area is 209 Å². The predicted molar refractivity (Wildman–Crippen MR) is 131 cm³/mol. The van der Waals surface area contributed by atoms with Crippen LogP contribution in [0.1, 0.15) is 45.5 Å². The van der Waals surface area contributed by atoms with Gasteiger partial charge in [-0.05, 0) is 17.9 Å². The number of ether oxygens (including phenoxy) is 1. The molecule has 1 aliphatic heterocycles. The van der Waals surface area contributed by atoms with Crippen molar-refractivity contribution in [2.24, 2.45) is 11.3 Å². The SMILES string of the molecule is CC(C)CC(NC(=O)OCc1ccccc1)C(=O)N1CC(C)(C)CN1c1nc(C#N)nc2ccnn12. The first-order chi connectivity index (χ1) is 17.2. The number of carbonyl (C=O) groups excluding carboxylic acids is 2. The number of hydrazine groups is 1. The van der Waals surface area contributed by atoms with Gasteiger partial charge in [0.25, 0.3) is 11.9 Å². The Balaban J connectivity index is 1.59. The number of benzene rings is 1. The molecule has 1 N–H and O–H groups in total. The number of nitrogens with zero attached hydrogens (tertiary/aromatic N) is 7. The van der Waals surface area contributed by atoms with Crippen LogP contribution in [0.5, 0.6) is 0 Å². The van der Waals surface area contributed by atoms with Crippen LogP contribution in [-0.4, -0.2) is 55.7 Å². The van der Waals surface area contributed by atoms with Crippen LogP contribution in [0.3, 0.4) is 0 Å². The maximum atomic E-state index is 13.9. The zero-order chi connectivity index (χ0) is 25.9. The smallest absolute Gasteiger partial charge is 0.408 e. The number of carbonyl (C=O) groups is 2. The molecule has 1 saturated heterocycles.